The predicted octanol–water partition coefficient (Wildman–Crippen LogP) is 4.24. The summed E-state index contributed by atoms with van der Waals surface area (Å²) in [7, 11) is 0. The minimum absolute atomic E-state index is 0.530. The van der Waals surface area contributed by atoms with Crippen LogP contribution in [0.4, 0.5) is 0 Å². The number of allylic oxidation sites excluding steroid dienone is 4. The monoisotopic (exact) mass is 198 g/mol. The zero-order chi connectivity index (χ0) is 10.7. The van der Waals surface area contributed by atoms with Gasteiger partial charge >= 0.3 is 0 Å². The average Bonchev–Trinajstić information content (AvgIpc) is 2.32. The molecule has 0 amide bonds. The molecule has 0 aliphatic heterocycles. The van der Waals surface area contributed by atoms with Crippen molar-refractivity contribution in [3.05, 3.63) is 59.2 Å². The van der Waals surface area contributed by atoms with Gasteiger partial charge in [-0.1, -0.05) is 55.0 Å². The summed E-state index contributed by atoms with van der Waals surface area (Å²) < 4.78 is 0. The lowest BCUT2D eigenvalue weighted by molar-refractivity contribution is 0.907. The van der Waals surface area contributed by atoms with E-state index in [1.807, 2.05) is 0 Å². The van der Waals surface area contributed by atoms with E-state index in [2.05, 4.69) is 56.3 Å². The fourth-order valence-electron chi connectivity index (χ4n) is 2.13. The molecular formula is C15H18. The Morgan fingerprint density at radius 2 is 2.00 bits per heavy atom. The quantitative estimate of drug-likeness (QED) is 0.585. The first-order valence-electron chi connectivity index (χ1n) is 5.70. The summed E-state index contributed by atoms with van der Waals surface area (Å²) in [5.74, 6) is 0.530. The molecule has 1 aliphatic rings. The van der Waals surface area contributed by atoms with E-state index in [-0.39, 0.29) is 0 Å². The topological polar surface area (TPSA) is 0 Å². The number of fused-ring (bicyclic) bond motifs is 1. The Bertz CT molecular complexity index is 396. The summed E-state index contributed by atoms with van der Waals surface area (Å²) in [5, 5.41) is 0. The van der Waals surface area contributed by atoms with E-state index in [9.17, 15) is 0 Å². The van der Waals surface area contributed by atoms with Crippen LogP contribution in [-0.4, -0.2) is 0 Å². The van der Waals surface area contributed by atoms with Crippen molar-refractivity contribution in [2.75, 3.05) is 0 Å². The van der Waals surface area contributed by atoms with E-state index in [1.54, 1.807) is 0 Å². The minimum atomic E-state index is 0.530. The van der Waals surface area contributed by atoms with Crippen LogP contribution in [0, 0.1) is 0 Å². The van der Waals surface area contributed by atoms with Gasteiger partial charge in [-0.05, 0) is 36.8 Å². The molecule has 1 aliphatic carbocycles. The zero-order valence-electron chi connectivity index (χ0n) is 9.53. The maximum atomic E-state index is 2.32. The van der Waals surface area contributed by atoms with Gasteiger partial charge in [0.25, 0.3) is 0 Å². The Kier molecular flexibility index (Phi) is 3.05. The van der Waals surface area contributed by atoms with Crippen LogP contribution in [0.25, 0.3) is 0 Å². The standard InChI is InChI=1S/C15H18/c1-12-6-5-8-14-7-3-4-9-15(14)13(2)11-10-12/h3-4,6-7,9-11,13H,5,8H2,1-2H3/b11-10-,12-6-. The van der Waals surface area contributed by atoms with Crippen LogP contribution < -0.4 is 0 Å². The molecule has 0 aromatic heterocycles. The van der Waals surface area contributed by atoms with Crippen molar-refractivity contribution in [2.45, 2.75) is 32.6 Å². The zero-order valence-corrected chi connectivity index (χ0v) is 9.53. The first kappa shape index (κ1) is 10.2. The van der Waals surface area contributed by atoms with Crippen molar-refractivity contribution in [2.24, 2.45) is 0 Å². The Balaban J connectivity index is 2.39. The number of hydrogen-bond donors (Lipinski definition) is 0. The number of hydrogen-bond acceptors (Lipinski definition) is 0. The van der Waals surface area contributed by atoms with Crippen LogP contribution in [-0.2, 0) is 6.42 Å². The van der Waals surface area contributed by atoms with Crippen LogP contribution in [0.5, 0.6) is 0 Å². The second-order valence-corrected chi connectivity index (χ2v) is 4.33. The summed E-state index contributed by atoms with van der Waals surface area (Å²) in [4.78, 5) is 0. The lowest BCUT2D eigenvalue weighted by Crippen LogP contribution is -1.96. The maximum absolute atomic E-state index is 2.32. The van der Waals surface area contributed by atoms with Gasteiger partial charge in [0, 0.05) is 0 Å². The van der Waals surface area contributed by atoms with Crippen LogP contribution in [0.2, 0.25) is 0 Å². The third-order valence-corrected chi connectivity index (χ3v) is 3.07. The van der Waals surface area contributed by atoms with Gasteiger partial charge in [0.1, 0.15) is 0 Å². The molecule has 0 saturated carbocycles. The van der Waals surface area contributed by atoms with Gasteiger partial charge in [-0.3, -0.25) is 0 Å². The molecule has 1 aromatic rings. The highest BCUT2D eigenvalue weighted by Crippen LogP contribution is 2.24. The summed E-state index contributed by atoms with van der Waals surface area (Å²) in [6, 6.07) is 8.80. The van der Waals surface area contributed by atoms with Crippen molar-refractivity contribution < 1.29 is 0 Å². The second kappa shape index (κ2) is 4.48. The summed E-state index contributed by atoms with van der Waals surface area (Å²) >= 11 is 0. The highest BCUT2D eigenvalue weighted by Gasteiger charge is 2.07. The molecule has 0 nitrogen and oxygen atoms in total. The molecule has 1 atom stereocenters. The van der Waals surface area contributed by atoms with Gasteiger partial charge in [-0.15, -0.1) is 0 Å². The van der Waals surface area contributed by atoms with Crippen LogP contribution in [0.3, 0.4) is 0 Å². The highest BCUT2D eigenvalue weighted by atomic mass is 14.1. The first-order chi connectivity index (χ1) is 7.27. The van der Waals surface area contributed by atoms with Gasteiger partial charge < -0.3 is 0 Å². The Morgan fingerprint density at radius 1 is 1.20 bits per heavy atom. The predicted molar refractivity (Wildman–Crippen MR) is 66.1 cm³/mol. The Morgan fingerprint density at radius 3 is 2.87 bits per heavy atom. The summed E-state index contributed by atoms with van der Waals surface area (Å²) in [6.45, 7) is 4.45. The van der Waals surface area contributed by atoms with Crippen molar-refractivity contribution >= 4 is 0 Å². The highest BCUT2D eigenvalue weighted by molar-refractivity contribution is 5.35. The maximum Gasteiger partial charge on any atom is -0.000450 e. The van der Waals surface area contributed by atoms with E-state index in [0.717, 1.165) is 6.42 Å². The lowest BCUT2D eigenvalue weighted by Gasteiger charge is -2.11. The molecule has 0 saturated heterocycles. The first-order valence-corrected chi connectivity index (χ1v) is 5.70. The molecule has 1 aromatic carbocycles. The van der Waals surface area contributed by atoms with Crippen LogP contribution >= 0.6 is 0 Å². The smallest absolute Gasteiger partial charge is 0.000450 e. The molecule has 2 rings (SSSR count). The molecule has 0 fully saturated rings. The number of aryl methyl sites for hydroxylation is 1. The molecular weight excluding hydrogens is 180 g/mol. The van der Waals surface area contributed by atoms with Crippen molar-refractivity contribution in [3.8, 4) is 0 Å². The van der Waals surface area contributed by atoms with E-state index in [1.165, 1.54) is 23.1 Å². The van der Waals surface area contributed by atoms with Gasteiger partial charge in [-0.2, -0.15) is 0 Å². The average molecular weight is 198 g/mol. The second-order valence-electron chi connectivity index (χ2n) is 4.33. The third kappa shape index (κ3) is 2.38. The fourth-order valence-corrected chi connectivity index (χ4v) is 2.13. The largest absolute Gasteiger partial charge is 0.0813 e. The van der Waals surface area contributed by atoms with Crippen LogP contribution in [0.15, 0.2) is 48.1 Å². The molecule has 0 spiro atoms. The molecule has 1 unspecified atom stereocenters. The van der Waals surface area contributed by atoms with Crippen molar-refractivity contribution in [1.29, 1.82) is 0 Å². The van der Waals surface area contributed by atoms with E-state index in [0.29, 0.717) is 5.92 Å². The normalized spacial score (nSPS) is 26.5. The minimum Gasteiger partial charge on any atom is -0.0813 e. The van der Waals surface area contributed by atoms with E-state index in [4.69, 9.17) is 0 Å². The molecule has 0 heteroatoms. The van der Waals surface area contributed by atoms with E-state index >= 15 is 0 Å². The van der Waals surface area contributed by atoms with Crippen LogP contribution in [0.1, 0.15) is 37.3 Å². The van der Waals surface area contributed by atoms with Crippen molar-refractivity contribution in [3.63, 3.8) is 0 Å². The third-order valence-electron chi connectivity index (χ3n) is 3.07. The molecule has 0 radical (unpaired) electrons. The summed E-state index contributed by atoms with van der Waals surface area (Å²) in [6.07, 6.45) is 9.19. The van der Waals surface area contributed by atoms with Gasteiger partial charge in [0.15, 0.2) is 0 Å². The molecule has 0 N–H and O–H groups in total. The Hall–Kier alpha value is -1.30. The molecule has 0 heterocycles. The van der Waals surface area contributed by atoms with Gasteiger partial charge in [0.2, 0.25) is 0 Å². The number of benzene rings is 1. The van der Waals surface area contributed by atoms with Gasteiger partial charge in [0.05, 0.1) is 0 Å². The van der Waals surface area contributed by atoms with Crippen molar-refractivity contribution in [1.82, 2.24) is 0 Å². The number of rotatable bonds is 0. The lowest BCUT2D eigenvalue weighted by atomic mass is 9.93. The Labute approximate surface area is 92.3 Å². The molecule has 0 bridgehead atoms. The molecule has 15 heavy (non-hydrogen) atoms. The van der Waals surface area contributed by atoms with Gasteiger partial charge in [-0.25, -0.2) is 0 Å². The molecule has 78 valence electrons. The van der Waals surface area contributed by atoms with E-state index < -0.39 is 0 Å². The SMILES string of the molecule is CC1=C/CCc2ccccc2C(C)/C=C\1. The fraction of sp³-hybridized carbons (Fsp3) is 0.333. The summed E-state index contributed by atoms with van der Waals surface area (Å²) in [5.41, 5.74) is 4.37.